The van der Waals surface area contributed by atoms with Crippen molar-refractivity contribution in [2.75, 3.05) is 0 Å². The van der Waals surface area contributed by atoms with Crippen molar-refractivity contribution in [1.29, 1.82) is 0 Å². The Hall–Kier alpha value is 1.48. The van der Waals surface area contributed by atoms with Gasteiger partial charge in [-0.05, 0) is 5.92 Å². The van der Waals surface area contributed by atoms with Crippen molar-refractivity contribution in [3.63, 3.8) is 0 Å². The summed E-state index contributed by atoms with van der Waals surface area (Å²) in [6, 6.07) is 0. The van der Waals surface area contributed by atoms with Crippen molar-refractivity contribution in [2.24, 2.45) is 5.92 Å². The fourth-order valence-corrected chi connectivity index (χ4v) is 2.50. The minimum atomic E-state index is 0. The van der Waals surface area contributed by atoms with E-state index >= 15 is 0 Å². The molecule has 0 nitrogen and oxygen atoms in total. The van der Waals surface area contributed by atoms with Crippen LogP contribution in [0, 0.1) is 19.3 Å². The van der Waals surface area contributed by atoms with Crippen molar-refractivity contribution in [3.8, 4) is 0 Å². The van der Waals surface area contributed by atoms with Crippen LogP contribution < -0.4 is 0 Å². The summed E-state index contributed by atoms with van der Waals surface area (Å²) in [6.07, 6.45) is 21.9. The van der Waals surface area contributed by atoms with Crippen LogP contribution in [0.5, 0.6) is 0 Å². The Kier molecular flexibility index (Phi) is 35.1. The third-order valence-corrected chi connectivity index (χ3v) is 3.78. The van der Waals surface area contributed by atoms with Crippen LogP contribution in [0.15, 0.2) is 0 Å². The Morgan fingerprint density at radius 2 is 0.909 bits per heavy atom. The van der Waals surface area contributed by atoms with Crippen LogP contribution in [0.2, 0.25) is 0 Å². The SMILES string of the molecule is C[CH-]C.[CH2-]CCCCCCCCCCCCCCC(C)C.[Sr+2]. The molecule has 0 atom stereocenters. The number of hydrogen-bond acceptors (Lipinski definition) is 0. The zero-order valence-corrected chi connectivity index (χ0v) is 19.9. The molecule has 0 saturated carbocycles. The van der Waals surface area contributed by atoms with E-state index in [4.69, 9.17) is 0 Å². The second kappa shape index (κ2) is 27.3. The molecule has 130 valence electrons. The van der Waals surface area contributed by atoms with Crippen LogP contribution in [0.25, 0.3) is 0 Å². The minimum Gasteiger partial charge on any atom is -0.343 e. The van der Waals surface area contributed by atoms with Crippen molar-refractivity contribution >= 4 is 45.5 Å². The molecule has 0 radical (unpaired) electrons. The van der Waals surface area contributed by atoms with E-state index < -0.39 is 0 Å². The third-order valence-electron chi connectivity index (χ3n) is 3.78. The first-order chi connectivity index (χ1) is 10.2. The van der Waals surface area contributed by atoms with E-state index in [9.17, 15) is 0 Å². The smallest absolute Gasteiger partial charge is 0.343 e. The first-order valence-corrected chi connectivity index (χ1v) is 9.72. The van der Waals surface area contributed by atoms with Crippen LogP contribution in [0.1, 0.15) is 118 Å². The van der Waals surface area contributed by atoms with E-state index in [1.807, 2.05) is 20.3 Å². The fourth-order valence-electron chi connectivity index (χ4n) is 2.50. The largest absolute Gasteiger partial charge is 2.00 e. The summed E-state index contributed by atoms with van der Waals surface area (Å²) in [6.45, 7) is 12.5. The van der Waals surface area contributed by atoms with Crippen molar-refractivity contribution < 1.29 is 0 Å². The molecule has 0 aliphatic carbocycles. The molecule has 0 aromatic heterocycles. The van der Waals surface area contributed by atoms with E-state index in [-0.39, 0.29) is 45.5 Å². The molecule has 0 bridgehead atoms. The standard InChI is InChI=1S/C18H37.C3H7.Sr/c1-4-5-6-7-8-9-10-11-12-13-14-15-16-17-18(2)3;1-3-2;/h18H,1,4-17H2,2-3H3;3H,1-2H3;/q2*-1;+2. The van der Waals surface area contributed by atoms with Gasteiger partial charge in [-0.3, -0.25) is 0 Å². The maximum atomic E-state index is 3.88. The van der Waals surface area contributed by atoms with Gasteiger partial charge in [0, 0.05) is 0 Å². The van der Waals surface area contributed by atoms with Crippen LogP contribution in [-0.4, -0.2) is 45.5 Å². The first-order valence-electron chi connectivity index (χ1n) is 9.72. The second-order valence-corrected chi connectivity index (χ2v) is 6.86. The summed E-state index contributed by atoms with van der Waals surface area (Å²) in [4.78, 5) is 0. The average Bonchev–Trinajstić information content (AvgIpc) is 2.44. The van der Waals surface area contributed by atoms with Gasteiger partial charge in [0.1, 0.15) is 0 Å². The van der Waals surface area contributed by atoms with E-state index in [2.05, 4.69) is 20.8 Å². The topological polar surface area (TPSA) is 0 Å². The van der Waals surface area contributed by atoms with Gasteiger partial charge in [0.05, 0.1) is 0 Å². The summed E-state index contributed by atoms with van der Waals surface area (Å²) < 4.78 is 0. The number of unbranched alkanes of at least 4 members (excludes halogenated alkanes) is 12. The van der Waals surface area contributed by atoms with Gasteiger partial charge in [-0.15, -0.1) is 0 Å². The Bertz CT molecular complexity index is 154. The molecule has 0 fully saturated rings. The van der Waals surface area contributed by atoms with Gasteiger partial charge >= 0.3 is 45.5 Å². The third kappa shape index (κ3) is 33.2. The van der Waals surface area contributed by atoms with Gasteiger partial charge in [-0.2, -0.15) is 20.3 Å². The van der Waals surface area contributed by atoms with Gasteiger partial charge in [0.2, 0.25) is 0 Å². The van der Waals surface area contributed by atoms with Crippen LogP contribution in [0.3, 0.4) is 0 Å². The number of rotatable bonds is 14. The van der Waals surface area contributed by atoms with Gasteiger partial charge in [-0.25, -0.2) is 0 Å². The van der Waals surface area contributed by atoms with Gasteiger partial charge in [-0.1, -0.05) is 97.3 Å². The molecule has 1 heteroatoms. The van der Waals surface area contributed by atoms with Gasteiger partial charge in [0.15, 0.2) is 0 Å². The molecule has 0 aromatic carbocycles. The molecule has 0 amide bonds. The number of hydrogen-bond donors (Lipinski definition) is 0. The molecular formula is C21H44Sr. The minimum absolute atomic E-state index is 0. The first kappa shape index (κ1) is 28.3. The zero-order chi connectivity index (χ0) is 16.2. The summed E-state index contributed by atoms with van der Waals surface area (Å²) >= 11 is 0. The average molecular weight is 384 g/mol. The summed E-state index contributed by atoms with van der Waals surface area (Å²) in [5, 5.41) is 0. The molecular weight excluding hydrogens is 340 g/mol. The summed E-state index contributed by atoms with van der Waals surface area (Å²) in [7, 11) is 0. The molecule has 22 heavy (non-hydrogen) atoms. The van der Waals surface area contributed by atoms with Gasteiger partial charge in [0.25, 0.3) is 0 Å². The maximum Gasteiger partial charge on any atom is 2.00 e. The van der Waals surface area contributed by atoms with Gasteiger partial charge < -0.3 is 13.3 Å². The maximum absolute atomic E-state index is 3.88. The molecule has 0 saturated heterocycles. The summed E-state index contributed by atoms with van der Waals surface area (Å²) in [5.41, 5.74) is 0. The van der Waals surface area contributed by atoms with E-state index in [0.717, 1.165) is 12.3 Å². The molecule has 0 aliphatic rings. The Labute approximate surface area is 180 Å². The van der Waals surface area contributed by atoms with E-state index in [1.165, 1.54) is 83.5 Å². The van der Waals surface area contributed by atoms with Crippen LogP contribution >= 0.6 is 0 Å². The van der Waals surface area contributed by atoms with Crippen LogP contribution in [0.4, 0.5) is 0 Å². The molecule has 0 aromatic rings. The second-order valence-electron chi connectivity index (χ2n) is 6.86. The zero-order valence-electron chi connectivity index (χ0n) is 16.5. The Morgan fingerprint density at radius 1 is 0.636 bits per heavy atom. The Morgan fingerprint density at radius 3 is 1.18 bits per heavy atom. The molecule has 0 aliphatic heterocycles. The summed E-state index contributed by atoms with van der Waals surface area (Å²) in [5.74, 6) is 0.897. The molecule has 0 heterocycles. The molecule has 0 unspecified atom stereocenters. The predicted octanol–water partition coefficient (Wildman–Crippen LogP) is 7.79. The quantitative estimate of drug-likeness (QED) is 0.163. The van der Waals surface area contributed by atoms with Crippen molar-refractivity contribution in [2.45, 2.75) is 118 Å². The molecule has 0 N–H and O–H groups in total. The van der Waals surface area contributed by atoms with Crippen LogP contribution in [-0.2, 0) is 0 Å². The molecule has 0 rings (SSSR count). The normalized spacial score (nSPS) is 10.1. The van der Waals surface area contributed by atoms with Crippen molar-refractivity contribution in [3.05, 3.63) is 13.3 Å². The van der Waals surface area contributed by atoms with E-state index in [0.29, 0.717) is 0 Å². The van der Waals surface area contributed by atoms with Crippen molar-refractivity contribution in [1.82, 2.24) is 0 Å². The Balaban J connectivity index is -0.000000827. The fraction of sp³-hybridized carbons (Fsp3) is 0.905. The predicted molar refractivity (Wildman–Crippen MR) is 106 cm³/mol. The monoisotopic (exact) mass is 384 g/mol. The molecule has 0 spiro atoms. The van der Waals surface area contributed by atoms with E-state index in [1.54, 1.807) is 0 Å².